The van der Waals surface area contributed by atoms with Crippen LogP contribution in [0.25, 0.3) is 33.2 Å². The minimum absolute atomic E-state index is 0.0370. The third kappa shape index (κ3) is 4.52. The highest BCUT2D eigenvalue weighted by Gasteiger charge is 2.33. The molecule has 4 rings (SSSR count). The molecule has 0 aliphatic heterocycles. The first kappa shape index (κ1) is 22.7. The van der Waals surface area contributed by atoms with Crippen molar-refractivity contribution in [3.8, 4) is 22.3 Å². The molecule has 0 fully saturated rings. The maximum absolute atomic E-state index is 12.5. The molecular weight excluding hydrogens is 434 g/mol. The Balaban J connectivity index is 1.89. The summed E-state index contributed by atoms with van der Waals surface area (Å²) in [7, 11) is -3.36. The van der Waals surface area contributed by atoms with E-state index in [0.717, 1.165) is 38.7 Å². The molecule has 0 unspecified atom stereocenters. The normalized spacial score (nSPS) is 12.1. The fourth-order valence-electron chi connectivity index (χ4n) is 3.88. The van der Waals surface area contributed by atoms with Crippen molar-refractivity contribution in [3.05, 3.63) is 90.1 Å². The molecule has 1 heterocycles. The van der Waals surface area contributed by atoms with Crippen molar-refractivity contribution in [1.29, 1.82) is 0 Å². The number of pyridine rings is 1. The standard InChI is InChI=1S/C27H25NO4S/c1-27(2,33(3,31)32)23-16-22-11-6-12-28-26(22)24(17-23)21-10-5-9-20(15-21)19-8-4-7-18(13-19)14-25(29)30/h4-13,15-17H,14H2,1-3H3,(H,29,30). The molecule has 0 aliphatic rings. The van der Waals surface area contributed by atoms with Gasteiger partial charge in [0.2, 0.25) is 0 Å². The number of hydrogen-bond donors (Lipinski definition) is 1. The van der Waals surface area contributed by atoms with E-state index in [2.05, 4.69) is 4.98 Å². The summed E-state index contributed by atoms with van der Waals surface area (Å²) >= 11 is 0. The first-order valence-corrected chi connectivity index (χ1v) is 12.5. The minimum Gasteiger partial charge on any atom is -0.481 e. The molecule has 0 atom stereocenters. The summed E-state index contributed by atoms with van der Waals surface area (Å²) in [4.78, 5) is 15.7. The molecule has 0 saturated heterocycles. The van der Waals surface area contributed by atoms with Gasteiger partial charge in [0.15, 0.2) is 9.84 Å². The van der Waals surface area contributed by atoms with Gasteiger partial charge in [0, 0.05) is 23.4 Å². The minimum atomic E-state index is -3.36. The van der Waals surface area contributed by atoms with Gasteiger partial charge in [-0.25, -0.2) is 8.42 Å². The van der Waals surface area contributed by atoms with Crippen LogP contribution in [-0.2, 0) is 25.8 Å². The van der Waals surface area contributed by atoms with E-state index in [0.29, 0.717) is 5.56 Å². The molecule has 3 aromatic carbocycles. The molecule has 4 aromatic rings. The quantitative estimate of drug-likeness (QED) is 0.413. The number of nitrogens with zero attached hydrogens (tertiary/aromatic N) is 1. The number of sulfone groups is 1. The smallest absolute Gasteiger partial charge is 0.307 e. The summed E-state index contributed by atoms with van der Waals surface area (Å²) < 4.78 is 24.0. The van der Waals surface area contributed by atoms with Gasteiger partial charge in [0.1, 0.15) is 0 Å². The van der Waals surface area contributed by atoms with E-state index in [4.69, 9.17) is 5.11 Å². The Morgan fingerprint density at radius 3 is 2.27 bits per heavy atom. The Morgan fingerprint density at radius 2 is 1.58 bits per heavy atom. The second kappa shape index (κ2) is 8.45. The maximum atomic E-state index is 12.5. The Hall–Kier alpha value is -3.51. The SMILES string of the molecule is CC(C)(c1cc(-c2cccc(-c3cccc(CC(=O)O)c3)c2)c2ncccc2c1)S(C)(=O)=O. The molecule has 1 N–H and O–H groups in total. The zero-order chi connectivity index (χ0) is 23.8. The summed E-state index contributed by atoms with van der Waals surface area (Å²) in [5.74, 6) is -0.872. The molecule has 168 valence electrons. The van der Waals surface area contributed by atoms with Crippen molar-refractivity contribution in [1.82, 2.24) is 4.98 Å². The summed E-state index contributed by atoms with van der Waals surface area (Å²) in [5.41, 5.74) is 5.84. The van der Waals surface area contributed by atoms with Crippen LogP contribution < -0.4 is 0 Å². The second-order valence-corrected chi connectivity index (χ2v) is 11.3. The van der Waals surface area contributed by atoms with Crippen LogP contribution in [0.4, 0.5) is 0 Å². The molecule has 0 bridgehead atoms. The van der Waals surface area contributed by atoms with E-state index < -0.39 is 20.6 Å². The summed E-state index contributed by atoms with van der Waals surface area (Å²) in [6.45, 7) is 3.43. The van der Waals surface area contributed by atoms with Crippen LogP contribution in [0.1, 0.15) is 25.0 Å². The van der Waals surface area contributed by atoms with Gasteiger partial charge in [0.05, 0.1) is 16.7 Å². The van der Waals surface area contributed by atoms with Crippen molar-refractivity contribution in [2.24, 2.45) is 0 Å². The van der Waals surface area contributed by atoms with Crippen LogP contribution in [0.2, 0.25) is 0 Å². The van der Waals surface area contributed by atoms with Crippen LogP contribution in [0.15, 0.2) is 79.0 Å². The molecule has 5 nitrogen and oxygen atoms in total. The molecule has 33 heavy (non-hydrogen) atoms. The van der Waals surface area contributed by atoms with E-state index >= 15 is 0 Å². The lowest BCUT2D eigenvalue weighted by Crippen LogP contribution is -2.28. The third-order valence-electron chi connectivity index (χ3n) is 6.12. The Kier molecular flexibility index (Phi) is 5.80. The van der Waals surface area contributed by atoms with Crippen molar-refractivity contribution in [2.45, 2.75) is 25.0 Å². The lowest BCUT2D eigenvalue weighted by Gasteiger charge is -2.24. The van der Waals surface area contributed by atoms with Crippen molar-refractivity contribution in [3.63, 3.8) is 0 Å². The summed E-state index contributed by atoms with van der Waals surface area (Å²) in [6.07, 6.45) is 2.95. The van der Waals surface area contributed by atoms with Gasteiger partial charge >= 0.3 is 5.97 Å². The predicted molar refractivity (Wildman–Crippen MR) is 132 cm³/mol. The number of aliphatic carboxylic acids is 1. The zero-order valence-electron chi connectivity index (χ0n) is 18.7. The van der Waals surface area contributed by atoms with Gasteiger partial charge < -0.3 is 5.11 Å². The van der Waals surface area contributed by atoms with Crippen molar-refractivity contribution >= 4 is 26.7 Å². The number of carboxylic acid groups (broad SMARTS) is 1. The maximum Gasteiger partial charge on any atom is 0.307 e. The van der Waals surface area contributed by atoms with Crippen LogP contribution in [0, 0.1) is 0 Å². The molecular formula is C27H25NO4S. The second-order valence-electron chi connectivity index (χ2n) is 8.73. The van der Waals surface area contributed by atoms with Crippen molar-refractivity contribution in [2.75, 3.05) is 6.26 Å². The van der Waals surface area contributed by atoms with Crippen LogP contribution in [0.3, 0.4) is 0 Å². The fourth-order valence-corrected chi connectivity index (χ4v) is 4.42. The highest BCUT2D eigenvalue weighted by atomic mass is 32.2. The molecule has 6 heteroatoms. The van der Waals surface area contributed by atoms with Gasteiger partial charge in [-0.05, 0) is 65.9 Å². The van der Waals surface area contributed by atoms with E-state index in [-0.39, 0.29) is 6.42 Å². The Morgan fingerprint density at radius 1 is 0.909 bits per heavy atom. The number of rotatable bonds is 6. The molecule has 0 spiro atoms. The summed E-state index contributed by atoms with van der Waals surface area (Å²) in [6, 6.07) is 23.0. The fraction of sp³-hybridized carbons (Fsp3) is 0.185. The highest BCUT2D eigenvalue weighted by Crippen LogP contribution is 2.37. The topological polar surface area (TPSA) is 84.3 Å². The van der Waals surface area contributed by atoms with Crippen molar-refractivity contribution < 1.29 is 18.3 Å². The highest BCUT2D eigenvalue weighted by molar-refractivity contribution is 7.91. The van der Waals surface area contributed by atoms with E-state index in [1.54, 1.807) is 26.1 Å². The molecule has 0 amide bonds. The third-order valence-corrected chi connectivity index (χ3v) is 8.21. The monoisotopic (exact) mass is 459 g/mol. The van der Waals surface area contributed by atoms with Gasteiger partial charge in [0.25, 0.3) is 0 Å². The lowest BCUT2D eigenvalue weighted by molar-refractivity contribution is -0.136. The first-order chi connectivity index (χ1) is 15.6. The van der Waals surface area contributed by atoms with Gasteiger partial charge in [-0.15, -0.1) is 0 Å². The molecule has 0 aliphatic carbocycles. The number of carboxylic acids is 1. The lowest BCUT2D eigenvalue weighted by atomic mass is 9.92. The number of benzene rings is 3. The van der Waals surface area contributed by atoms with Crippen LogP contribution >= 0.6 is 0 Å². The van der Waals surface area contributed by atoms with Gasteiger partial charge in [-0.3, -0.25) is 9.78 Å². The molecule has 1 aromatic heterocycles. The number of fused-ring (bicyclic) bond motifs is 1. The Labute approximate surface area is 193 Å². The number of aromatic nitrogens is 1. The van der Waals surface area contributed by atoms with Gasteiger partial charge in [-0.1, -0.05) is 48.5 Å². The summed E-state index contributed by atoms with van der Waals surface area (Å²) in [5, 5.41) is 9.99. The largest absolute Gasteiger partial charge is 0.481 e. The average Bonchev–Trinajstić information content (AvgIpc) is 2.77. The van der Waals surface area contributed by atoms with E-state index in [9.17, 15) is 13.2 Å². The average molecular weight is 460 g/mol. The predicted octanol–water partition coefficient (Wildman–Crippen LogP) is 5.48. The van der Waals surface area contributed by atoms with Crippen LogP contribution in [-0.4, -0.2) is 30.7 Å². The van der Waals surface area contributed by atoms with E-state index in [1.807, 2.05) is 66.7 Å². The molecule has 0 saturated carbocycles. The van der Waals surface area contributed by atoms with Crippen LogP contribution in [0.5, 0.6) is 0 Å². The van der Waals surface area contributed by atoms with E-state index in [1.165, 1.54) is 6.26 Å². The zero-order valence-corrected chi connectivity index (χ0v) is 19.6. The molecule has 0 radical (unpaired) electrons. The van der Waals surface area contributed by atoms with Gasteiger partial charge in [-0.2, -0.15) is 0 Å². The first-order valence-electron chi connectivity index (χ1n) is 10.6. The number of carbonyl (C=O) groups is 1. The Bertz CT molecular complexity index is 1470. The number of hydrogen-bond acceptors (Lipinski definition) is 4.